The summed E-state index contributed by atoms with van der Waals surface area (Å²) in [6.45, 7) is 1.98. The largest absolute Gasteiger partial charge is 0.426 e. The number of halogens is 1. The van der Waals surface area contributed by atoms with Gasteiger partial charge in [0.2, 0.25) is 0 Å². The highest BCUT2D eigenvalue weighted by Crippen LogP contribution is 2.11. The highest BCUT2D eigenvalue weighted by atomic mass is 79.9. The molecule has 0 radical (unpaired) electrons. The maximum Gasteiger partial charge on any atom is 0.321 e. The van der Waals surface area contributed by atoms with Crippen molar-refractivity contribution in [2.24, 2.45) is 0 Å². The van der Waals surface area contributed by atoms with Crippen LogP contribution in [0.25, 0.3) is 0 Å². The molecular formula is C9H9BrO2. The van der Waals surface area contributed by atoms with Gasteiger partial charge in [-0.15, -0.1) is 0 Å². The van der Waals surface area contributed by atoms with Crippen LogP contribution < -0.4 is 4.74 Å². The number of ether oxygens (including phenoxy) is 1. The Kier molecular flexibility index (Phi) is 3.29. The lowest BCUT2D eigenvalue weighted by molar-refractivity contribution is -0.131. The van der Waals surface area contributed by atoms with Gasteiger partial charge in [0.15, 0.2) is 0 Å². The van der Waals surface area contributed by atoms with Crippen LogP contribution in [0.15, 0.2) is 24.3 Å². The molecule has 0 amide bonds. The van der Waals surface area contributed by atoms with Crippen molar-refractivity contribution in [3.05, 3.63) is 29.8 Å². The molecule has 3 heteroatoms. The highest BCUT2D eigenvalue weighted by Gasteiger charge is 2.00. The first-order valence-corrected chi connectivity index (χ1v) is 4.68. The number of benzene rings is 1. The SMILES string of the molecule is Cc1ccc(OC(=O)CBr)cc1. The van der Waals surface area contributed by atoms with Crippen molar-refractivity contribution in [3.8, 4) is 5.75 Å². The van der Waals surface area contributed by atoms with E-state index in [1.54, 1.807) is 12.1 Å². The molecular weight excluding hydrogens is 220 g/mol. The molecule has 0 N–H and O–H groups in total. The van der Waals surface area contributed by atoms with Crippen LogP contribution >= 0.6 is 15.9 Å². The summed E-state index contributed by atoms with van der Waals surface area (Å²) in [5.41, 5.74) is 1.15. The number of carbonyl (C=O) groups excluding carboxylic acids is 1. The monoisotopic (exact) mass is 228 g/mol. The fraction of sp³-hybridized carbons (Fsp3) is 0.222. The fourth-order valence-electron chi connectivity index (χ4n) is 0.765. The fourth-order valence-corrected chi connectivity index (χ4v) is 0.879. The van der Waals surface area contributed by atoms with E-state index in [4.69, 9.17) is 4.74 Å². The lowest BCUT2D eigenvalue weighted by Crippen LogP contribution is -2.08. The normalized spacial score (nSPS) is 9.50. The molecule has 0 spiro atoms. The lowest BCUT2D eigenvalue weighted by atomic mass is 10.2. The van der Waals surface area contributed by atoms with Gasteiger partial charge in [0.05, 0.1) is 0 Å². The van der Waals surface area contributed by atoms with Gasteiger partial charge in [-0.25, -0.2) is 0 Å². The average Bonchev–Trinajstić information content (AvgIpc) is 2.09. The Morgan fingerprint density at radius 3 is 2.50 bits per heavy atom. The molecule has 12 heavy (non-hydrogen) atoms. The van der Waals surface area contributed by atoms with E-state index in [9.17, 15) is 4.79 Å². The third-order valence-corrected chi connectivity index (χ3v) is 1.82. The van der Waals surface area contributed by atoms with Crippen LogP contribution in [0.3, 0.4) is 0 Å². The number of hydrogen-bond acceptors (Lipinski definition) is 2. The summed E-state index contributed by atoms with van der Waals surface area (Å²) in [7, 11) is 0. The molecule has 0 fully saturated rings. The lowest BCUT2D eigenvalue weighted by Gasteiger charge is -2.01. The summed E-state index contributed by atoms with van der Waals surface area (Å²) >= 11 is 3.01. The zero-order valence-corrected chi connectivity index (χ0v) is 8.30. The van der Waals surface area contributed by atoms with E-state index in [2.05, 4.69) is 15.9 Å². The first kappa shape index (κ1) is 9.26. The minimum atomic E-state index is -0.279. The van der Waals surface area contributed by atoms with E-state index in [0.29, 0.717) is 5.75 Å². The molecule has 0 aliphatic rings. The third-order valence-electron chi connectivity index (χ3n) is 1.36. The minimum absolute atomic E-state index is 0.223. The average molecular weight is 229 g/mol. The second-order valence-corrected chi connectivity index (χ2v) is 2.98. The Labute approximate surface area is 79.7 Å². The van der Waals surface area contributed by atoms with Crippen LogP contribution in [-0.2, 0) is 4.79 Å². The Hall–Kier alpha value is -0.830. The summed E-state index contributed by atoms with van der Waals surface area (Å²) in [4.78, 5) is 10.8. The van der Waals surface area contributed by atoms with E-state index in [1.165, 1.54) is 0 Å². The molecule has 0 unspecified atom stereocenters. The maximum absolute atomic E-state index is 10.8. The van der Waals surface area contributed by atoms with Gasteiger partial charge in [-0.1, -0.05) is 33.6 Å². The van der Waals surface area contributed by atoms with Gasteiger partial charge in [0, 0.05) is 0 Å². The molecule has 0 aliphatic heterocycles. The van der Waals surface area contributed by atoms with Gasteiger partial charge < -0.3 is 4.74 Å². The molecule has 0 saturated carbocycles. The topological polar surface area (TPSA) is 26.3 Å². The Morgan fingerprint density at radius 1 is 1.42 bits per heavy atom. The Morgan fingerprint density at radius 2 is 2.00 bits per heavy atom. The first-order chi connectivity index (χ1) is 5.72. The number of rotatable bonds is 2. The number of carbonyl (C=O) groups is 1. The molecule has 1 aromatic carbocycles. The predicted molar refractivity (Wildman–Crippen MR) is 50.6 cm³/mol. The molecule has 1 aromatic rings. The molecule has 1 rings (SSSR count). The third kappa shape index (κ3) is 2.66. The van der Waals surface area contributed by atoms with Gasteiger partial charge in [0.25, 0.3) is 0 Å². The van der Waals surface area contributed by atoms with Crippen molar-refractivity contribution in [1.82, 2.24) is 0 Å². The Balaban J connectivity index is 2.64. The van der Waals surface area contributed by atoms with Gasteiger partial charge in [-0.05, 0) is 19.1 Å². The quantitative estimate of drug-likeness (QED) is 0.441. The van der Waals surface area contributed by atoms with Crippen molar-refractivity contribution < 1.29 is 9.53 Å². The second kappa shape index (κ2) is 4.26. The van der Waals surface area contributed by atoms with Crippen LogP contribution in [0.5, 0.6) is 5.75 Å². The Bertz CT molecular complexity index is 266. The zero-order valence-electron chi connectivity index (χ0n) is 6.71. The van der Waals surface area contributed by atoms with E-state index >= 15 is 0 Å². The summed E-state index contributed by atoms with van der Waals surface area (Å²) in [5, 5.41) is 0.223. The van der Waals surface area contributed by atoms with Gasteiger partial charge in [0.1, 0.15) is 11.1 Å². The summed E-state index contributed by atoms with van der Waals surface area (Å²) < 4.78 is 4.93. The van der Waals surface area contributed by atoms with Gasteiger partial charge in [-0.2, -0.15) is 0 Å². The van der Waals surface area contributed by atoms with Crippen molar-refractivity contribution >= 4 is 21.9 Å². The van der Waals surface area contributed by atoms with E-state index in [1.807, 2.05) is 19.1 Å². The molecule has 0 aromatic heterocycles. The summed E-state index contributed by atoms with van der Waals surface area (Å²) in [6, 6.07) is 7.35. The van der Waals surface area contributed by atoms with Crippen LogP contribution in [-0.4, -0.2) is 11.3 Å². The number of alkyl halides is 1. The van der Waals surface area contributed by atoms with Crippen molar-refractivity contribution in [2.75, 3.05) is 5.33 Å². The van der Waals surface area contributed by atoms with Crippen LogP contribution in [0, 0.1) is 6.92 Å². The standard InChI is InChI=1S/C9H9BrO2/c1-7-2-4-8(5-3-7)12-9(11)6-10/h2-5H,6H2,1H3. The zero-order chi connectivity index (χ0) is 8.97. The molecule has 64 valence electrons. The molecule has 0 atom stereocenters. The smallest absolute Gasteiger partial charge is 0.321 e. The number of hydrogen-bond donors (Lipinski definition) is 0. The van der Waals surface area contributed by atoms with Crippen LogP contribution in [0.2, 0.25) is 0 Å². The van der Waals surface area contributed by atoms with Gasteiger partial charge >= 0.3 is 5.97 Å². The predicted octanol–water partition coefficient (Wildman–Crippen LogP) is 2.30. The van der Waals surface area contributed by atoms with E-state index in [-0.39, 0.29) is 11.3 Å². The van der Waals surface area contributed by atoms with Gasteiger partial charge in [-0.3, -0.25) is 4.79 Å². The van der Waals surface area contributed by atoms with E-state index < -0.39 is 0 Å². The van der Waals surface area contributed by atoms with Crippen molar-refractivity contribution in [2.45, 2.75) is 6.92 Å². The van der Waals surface area contributed by atoms with Crippen LogP contribution in [0.1, 0.15) is 5.56 Å². The van der Waals surface area contributed by atoms with Crippen molar-refractivity contribution in [3.63, 3.8) is 0 Å². The first-order valence-electron chi connectivity index (χ1n) is 3.55. The molecule has 2 nitrogen and oxygen atoms in total. The van der Waals surface area contributed by atoms with E-state index in [0.717, 1.165) is 5.56 Å². The van der Waals surface area contributed by atoms with Crippen LogP contribution in [0.4, 0.5) is 0 Å². The summed E-state index contributed by atoms with van der Waals surface area (Å²) in [5.74, 6) is 0.309. The summed E-state index contributed by atoms with van der Waals surface area (Å²) in [6.07, 6.45) is 0. The maximum atomic E-state index is 10.8. The number of aryl methyl sites for hydroxylation is 1. The number of esters is 1. The molecule has 0 aliphatic carbocycles. The molecule has 0 heterocycles. The molecule has 0 bridgehead atoms. The minimum Gasteiger partial charge on any atom is -0.426 e. The highest BCUT2D eigenvalue weighted by molar-refractivity contribution is 9.09. The molecule has 0 saturated heterocycles. The second-order valence-electron chi connectivity index (χ2n) is 2.42. The van der Waals surface area contributed by atoms with Crippen molar-refractivity contribution in [1.29, 1.82) is 0 Å².